The van der Waals surface area contributed by atoms with Crippen molar-refractivity contribution in [2.24, 2.45) is 11.8 Å². The van der Waals surface area contributed by atoms with E-state index in [0.29, 0.717) is 5.69 Å². The summed E-state index contributed by atoms with van der Waals surface area (Å²) < 4.78 is 5.44. The predicted octanol–water partition coefficient (Wildman–Crippen LogP) is 0.253. The lowest BCUT2D eigenvalue weighted by Gasteiger charge is -2.24. The van der Waals surface area contributed by atoms with E-state index in [1.165, 1.54) is 0 Å². The van der Waals surface area contributed by atoms with Crippen molar-refractivity contribution < 1.29 is 19.4 Å². The number of aliphatic carboxylic acids is 1. The third kappa shape index (κ3) is 2.10. The molecule has 3 rings (SSSR count). The van der Waals surface area contributed by atoms with Crippen molar-refractivity contribution in [2.75, 3.05) is 5.32 Å². The number of carboxylic acids is 1. The number of fused-ring (bicyclic) bond motifs is 2. The molecule has 1 aromatic carbocycles. The number of benzene rings is 1. The minimum absolute atomic E-state index is 0.347. The highest BCUT2D eigenvalue weighted by atomic mass is 16.5. The first-order chi connectivity index (χ1) is 9.56. The van der Waals surface area contributed by atoms with Gasteiger partial charge in [0.25, 0.3) is 0 Å². The third-order valence-electron chi connectivity index (χ3n) is 3.79. The van der Waals surface area contributed by atoms with Gasteiger partial charge in [-0.15, -0.1) is 0 Å². The molecule has 0 saturated carbocycles. The minimum atomic E-state index is -1.24. The van der Waals surface area contributed by atoms with Crippen LogP contribution in [0.3, 0.4) is 0 Å². The van der Waals surface area contributed by atoms with Gasteiger partial charge < -0.3 is 20.0 Å². The van der Waals surface area contributed by atoms with Crippen molar-refractivity contribution in [1.82, 2.24) is 0 Å². The maximum Gasteiger partial charge on any atom is 0.231 e. The summed E-state index contributed by atoms with van der Waals surface area (Å²) in [5, 5.41) is 13.9. The zero-order valence-corrected chi connectivity index (χ0v) is 10.9. The van der Waals surface area contributed by atoms with Crippen LogP contribution in [-0.2, 0) is 14.3 Å². The molecule has 0 radical (unpaired) electrons. The Morgan fingerprint density at radius 1 is 1.10 bits per heavy atom. The summed E-state index contributed by atoms with van der Waals surface area (Å²) in [7, 11) is 0. The minimum Gasteiger partial charge on any atom is -0.550 e. The standard InChI is InChI=1S/C15H15NO4/c1-8-2-4-9(5-3-8)16-14(17)12-10-6-7-11(20-10)13(12)15(18)19/h2-7,10-13H,1H3,(H,16,17)(H,18,19)/p-1/t10?,11?,12-,13+/m1/s1. The molecule has 1 N–H and O–H groups in total. The van der Waals surface area contributed by atoms with Crippen molar-refractivity contribution >= 4 is 17.6 Å². The molecule has 1 fully saturated rings. The number of nitrogens with one attached hydrogen (secondary N) is 1. The number of hydrogen-bond acceptors (Lipinski definition) is 4. The van der Waals surface area contributed by atoms with E-state index in [2.05, 4.69) is 5.32 Å². The molecule has 2 unspecified atom stereocenters. The highest BCUT2D eigenvalue weighted by molar-refractivity contribution is 5.96. The zero-order valence-electron chi connectivity index (χ0n) is 10.9. The number of carboxylic acid groups (broad SMARTS) is 1. The van der Waals surface area contributed by atoms with Gasteiger partial charge in [-0.3, -0.25) is 4.79 Å². The Hall–Kier alpha value is -2.14. The average molecular weight is 272 g/mol. The molecule has 2 bridgehead atoms. The fourth-order valence-corrected chi connectivity index (χ4v) is 2.76. The second-order valence-electron chi connectivity index (χ2n) is 5.18. The summed E-state index contributed by atoms with van der Waals surface area (Å²) >= 11 is 0. The topological polar surface area (TPSA) is 78.5 Å². The van der Waals surface area contributed by atoms with Crippen LogP contribution in [0.4, 0.5) is 5.69 Å². The Morgan fingerprint density at radius 3 is 2.30 bits per heavy atom. The van der Waals surface area contributed by atoms with E-state index < -0.39 is 30.0 Å². The SMILES string of the molecule is Cc1ccc(NC(=O)[C@@H]2C3C=CC(O3)[C@@H]2C(=O)[O-])cc1. The Labute approximate surface area is 116 Å². The van der Waals surface area contributed by atoms with Crippen LogP contribution in [0.2, 0.25) is 0 Å². The third-order valence-corrected chi connectivity index (χ3v) is 3.79. The maximum absolute atomic E-state index is 12.3. The predicted molar refractivity (Wildman–Crippen MR) is 69.6 cm³/mol. The largest absolute Gasteiger partial charge is 0.550 e. The number of anilines is 1. The van der Waals surface area contributed by atoms with Gasteiger partial charge in [0.05, 0.1) is 18.1 Å². The Bertz CT molecular complexity index is 578. The Kier molecular flexibility index (Phi) is 3.06. The van der Waals surface area contributed by atoms with E-state index >= 15 is 0 Å². The monoisotopic (exact) mass is 272 g/mol. The fourth-order valence-electron chi connectivity index (χ4n) is 2.76. The number of hydrogen-bond donors (Lipinski definition) is 1. The van der Waals surface area contributed by atoms with Crippen molar-refractivity contribution in [3.8, 4) is 0 Å². The van der Waals surface area contributed by atoms with E-state index in [-0.39, 0.29) is 5.91 Å². The number of aryl methyl sites for hydroxylation is 1. The van der Waals surface area contributed by atoms with Crippen LogP contribution in [0.1, 0.15) is 5.56 Å². The van der Waals surface area contributed by atoms with Crippen LogP contribution in [0.25, 0.3) is 0 Å². The van der Waals surface area contributed by atoms with Crippen LogP contribution in [0.15, 0.2) is 36.4 Å². The number of carbonyl (C=O) groups excluding carboxylic acids is 2. The lowest BCUT2D eigenvalue weighted by molar-refractivity contribution is -0.313. The molecule has 5 nitrogen and oxygen atoms in total. The lowest BCUT2D eigenvalue weighted by Crippen LogP contribution is -2.45. The molecule has 0 spiro atoms. The van der Waals surface area contributed by atoms with E-state index in [1.54, 1.807) is 24.3 Å². The van der Waals surface area contributed by atoms with E-state index in [9.17, 15) is 14.7 Å². The van der Waals surface area contributed by atoms with Crippen LogP contribution in [0.5, 0.6) is 0 Å². The first-order valence-electron chi connectivity index (χ1n) is 6.48. The molecule has 2 heterocycles. The van der Waals surface area contributed by atoms with Gasteiger partial charge in [0, 0.05) is 17.6 Å². The van der Waals surface area contributed by atoms with Gasteiger partial charge in [-0.1, -0.05) is 29.8 Å². The number of ether oxygens (including phenoxy) is 1. The first kappa shape index (κ1) is 12.9. The smallest absolute Gasteiger partial charge is 0.231 e. The van der Waals surface area contributed by atoms with Crippen LogP contribution >= 0.6 is 0 Å². The van der Waals surface area contributed by atoms with Crippen molar-refractivity contribution in [3.63, 3.8) is 0 Å². The van der Waals surface area contributed by atoms with Gasteiger partial charge in [-0.25, -0.2) is 0 Å². The van der Waals surface area contributed by atoms with Crippen LogP contribution < -0.4 is 10.4 Å². The molecule has 5 heteroatoms. The van der Waals surface area contributed by atoms with Gasteiger partial charge in [0.15, 0.2) is 0 Å². The van der Waals surface area contributed by atoms with Gasteiger partial charge >= 0.3 is 0 Å². The molecule has 1 aromatic rings. The molecule has 104 valence electrons. The molecule has 4 atom stereocenters. The molecule has 1 saturated heterocycles. The molecule has 2 aliphatic heterocycles. The Balaban J connectivity index is 1.78. The summed E-state index contributed by atoms with van der Waals surface area (Å²) in [5.74, 6) is -3.25. The van der Waals surface area contributed by atoms with Crippen molar-refractivity contribution in [1.29, 1.82) is 0 Å². The van der Waals surface area contributed by atoms with Gasteiger partial charge in [0.2, 0.25) is 5.91 Å². The van der Waals surface area contributed by atoms with E-state index in [1.807, 2.05) is 19.1 Å². The van der Waals surface area contributed by atoms with Gasteiger partial charge in [-0.05, 0) is 19.1 Å². The highest BCUT2D eigenvalue weighted by Gasteiger charge is 2.50. The molecular weight excluding hydrogens is 258 g/mol. The fraction of sp³-hybridized carbons (Fsp3) is 0.333. The number of rotatable bonds is 3. The first-order valence-corrected chi connectivity index (χ1v) is 6.48. The average Bonchev–Trinajstić information content (AvgIpc) is 3.01. The maximum atomic E-state index is 12.3. The van der Waals surface area contributed by atoms with Crippen LogP contribution in [0, 0.1) is 18.8 Å². The summed E-state index contributed by atoms with van der Waals surface area (Å²) in [6.45, 7) is 1.95. The summed E-state index contributed by atoms with van der Waals surface area (Å²) in [4.78, 5) is 23.5. The summed E-state index contributed by atoms with van der Waals surface area (Å²) in [6, 6.07) is 7.32. The molecular formula is C15H14NO4-. The molecule has 0 aliphatic carbocycles. The van der Waals surface area contributed by atoms with Gasteiger partial charge in [0.1, 0.15) is 0 Å². The highest BCUT2D eigenvalue weighted by Crippen LogP contribution is 2.39. The molecule has 1 amide bonds. The summed E-state index contributed by atoms with van der Waals surface area (Å²) in [6.07, 6.45) is 2.39. The zero-order chi connectivity index (χ0) is 14.3. The van der Waals surface area contributed by atoms with E-state index in [0.717, 1.165) is 5.56 Å². The second-order valence-corrected chi connectivity index (χ2v) is 5.18. The summed E-state index contributed by atoms with van der Waals surface area (Å²) in [5.41, 5.74) is 1.73. The van der Waals surface area contributed by atoms with Gasteiger partial charge in [-0.2, -0.15) is 0 Å². The molecule has 0 aromatic heterocycles. The van der Waals surface area contributed by atoms with Crippen molar-refractivity contribution in [3.05, 3.63) is 42.0 Å². The quantitative estimate of drug-likeness (QED) is 0.800. The number of carbonyl (C=O) groups is 2. The molecule has 20 heavy (non-hydrogen) atoms. The van der Waals surface area contributed by atoms with Crippen LogP contribution in [-0.4, -0.2) is 24.1 Å². The normalized spacial score (nSPS) is 30.4. The Morgan fingerprint density at radius 2 is 1.70 bits per heavy atom. The number of amides is 1. The molecule has 2 aliphatic rings. The van der Waals surface area contributed by atoms with Crippen molar-refractivity contribution in [2.45, 2.75) is 19.1 Å². The lowest BCUT2D eigenvalue weighted by atomic mass is 9.82. The van der Waals surface area contributed by atoms with E-state index in [4.69, 9.17) is 4.74 Å². The second kappa shape index (κ2) is 4.76.